The number of aryl methyl sites for hydroxylation is 1. The average Bonchev–Trinajstić information content (AvgIpc) is 2.73. The van der Waals surface area contributed by atoms with Crippen molar-refractivity contribution in [2.45, 2.75) is 50.4 Å². The largest absolute Gasteiger partial charge is 0.392 e. The second-order valence-corrected chi connectivity index (χ2v) is 6.58. The molecule has 3 rings (SSSR count). The van der Waals surface area contributed by atoms with Crippen molar-refractivity contribution in [2.24, 2.45) is 0 Å². The fraction of sp³-hybridized carbons (Fsp3) is 0.647. The molecule has 1 aromatic rings. The van der Waals surface area contributed by atoms with Crippen molar-refractivity contribution in [2.75, 3.05) is 20.2 Å². The number of nitro benzene ring substituents is 1. The quantitative estimate of drug-likeness (QED) is 0.526. The first kappa shape index (κ1) is 16.4. The standard InChI is InChI=1S/C17H24N2O4/c1-23-17-10-13(18-8-2-3-15(20)11-18)6-4-12-5-7-14(19(21)22)9-16(12)17/h5,7,9,13,15,17,20H,2-4,6,8,10-11H2,1H3. The van der Waals surface area contributed by atoms with Crippen LogP contribution in [0.25, 0.3) is 0 Å². The van der Waals surface area contributed by atoms with E-state index < -0.39 is 0 Å². The van der Waals surface area contributed by atoms with Gasteiger partial charge in [0.05, 0.1) is 17.1 Å². The van der Waals surface area contributed by atoms with Gasteiger partial charge in [-0.15, -0.1) is 0 Å². The first-order valence-electron chi connectivity index (χ1n) is 8.30. The van der Waals surface area contributed by atoms with Crippen molar-refractivity contribution in [1.82, 2.24) is 4.90 Å². The third-order valence-electron chi connectivity index (χ3n) is 5.15. The van der Waals surface area contributed by atoms with Crippen molar-refractivity contribution in [1.29, 1.82) is 0 Å². The van der Waals surface area contributed by atoms with Crippen molar-refractivity contribution >= 4 is 5.69 Å². The number of β-amino-alcohol motifs (C(OH)–C–C–N with tert-alkyl or cyclic N) is 1. The van der Waals surface area contributed by atoms with Crippen molar-refractivity contribution in [3.8, 4) is 0 Å². The van der Waals surface area contributed by atoms with E-state index in [-0.39, 0.29) is 22.8 Å². The molecule has 6 heteroatoms. The smallest absolute Gasteiger partial charge is 0.269 e. The van der Waals surface area contributed by atoms with Crippen LogP contribution in [0.2, 0.25) is 0 Å². The number of likely N-dealkylation sites (tertiary alicyclic amines) is 1. The molecule has 23 heavy (non-hydrogen) atoms. The molecule has 0 amide bonds. The number of hydrogen-bond acceptors (Lipinski definition) is 5. The molecule has 3 atom stereocenters. The molecule has 126 valence electrons. The molecule has 0 spiro atoms. The van der Waals surface area contributed by atoms with E-state index in [0.29, 0.717) is 6.04 Å². The summed E-state index contributed by atoms with van der Waals surface area (Å²) in [4.78, 5) is 13.1. The molecule has 1 aliphatic carbocycles. The molecule has 6 nitrogen and oxygen atoms in total. The number of aliphatic hydroxyl groups is 1. The van der Waals surface area contributed by atoms with Gasteiger partial charge in [0, 0.05) is 31.8 Å². The van der Waals surface area contributed by atoms with Gasteiger partial charge in [-0.3, -0.25) is 15.0 Å². The van der Waals surface area contributed by atoms with Crippen molar-refractivity contribution in [3.05, 3.63) is 39.4 Å². The highest BCUT2D eigenvalue weighted by atomic mass is 16.6. The van der Waals surface area contributed by atoms with Gasteiger partial charge in [0.25, 0.3) is 5.69 Å². The van der Waals surface area contributed by atoms with Gasteiger partial charge in [0.1, 0.15) is 0 Å². The normalized spacial score (nSPS) is 28.9. The first-order valence-corrected chi connectivity index (χ1v) is 8.30. The van der Waals surface area contributed by atoms with Gasteiger partial charge in [-0.05, 0) is 49.8 Å². The summed E-state index contributed by atoms with van der Waals surface area (Å²) in [5.41, 5.74) is 2.21. The summed E-state index contributed by atoms with van der Waals surface area (Å²) < 4.78 is 5.67. The fourth-order valence-electron chi connectivity index (χ4n) is 3.91. The summed E-state index contributed by atoms with van der Waals surface area (Å²) in [7, 11) is 1.67. The van der Waals surface area contributed by atoms with Gasteiger partial charge in [-0.1, -0.05) is 6.07 Å². The SMILES string of the molecule is COC1CC(N2CCCC(O)C2)CCc2ccc([N+](=O)[O-])cc21. The molecule has 1 heterocycles. The highest BCUT2D eigenvalue weighted by Crippen LogP contribution is 2.35. The molecule has 1 saturated heterocycles. The van der Waals surface area contributed by atoms with Gasteiger partial charge in [0.2, 0.25) is 0 Å². The van der Waals surface area contributed by atoms with Gasteiger partial charge in [-0.2, -0.15) is 0 Å². The van der Waals surface area contributed by atoms with E-state index in [2.05, 4.69) is 4.90 Å². The molecule has 0 radical (unpaired) electrons. The maximum atomic E-state index is 11.0. The number of ether oxygens (including phenoxy) is 1. The van der Waals surface area contributed by atoms with Crippen LogP contribution in [0.3, 0.4) is 0 Å². The first-order chi connectivity index (χ1) is 11.1. The van der Waals surface area contributed by atoms with Crippen LogP contribution in [0.1, 0.15) is 42.9 Å². The maximum Gasteiger partial charge on any atom is 0.269 e. The van der Waals surface area contributed by atoms with Crippen molar-refractivity contribution in [3.63, 3.8) is 0 Å². The minimum Gasteiger partial charge on any atom is -0.392 e. The van der Waals surface area contributed by atoms with Crippen molar-refractivity contribution < 1.29 is 14.8 Å². The summed E-state index contributed by atoms with van der Waals surface area (Å²) in [5.74, 6) is 0. The molecular weight excluding hydrogens is 296 g/mol. The lowest BCUT2D eigenvalue weighted by Gasteiger charge is -2.37. The van der Waals surface area contributed by atoms with Crippen LogP contribution in [0.5, 0.6) is 0 Å². The van der Waals surface area contributed by atoms with Gasteiger partial charge < -0.3 is 9.84 Å². The van der Waals surface area contributed by atoms with E-state index in [1.165, 1.54) is 0 Å². The number of nitrogens with zero attached hydrogens (tertiary/aromatic N) is 2. The predicted octanol–water partition coefficient (Wildman–Crippen LogP) is 2.44. The van der Waals surface area contributed by atoms with Gasteiger partial charge in [0.15, 0.2) is 0 Å². The number of aliphatic hydroxyl groups excluding tert-OH is 1. The lowest BCUT2D eigenvalue weighted by atomic mass is 9.99. The van der Waals surface area contributed by atoms with Crippen LogP contribution < -0.4 is 0 Å². The molecule has 1 N–H and O–H groups in total. The Labute approximate surface area is 136 Å². The summed E-state index contributed by atoms with van der Waals surface area (Å²) in [6.45, 7) is 1.73. The number of hydrogen-bond donors (Lipinski definition) is 1. The fourth-order valence-corrected chi connectivity index (χ4v) is 3.91. The monoisotopic (exact) mass is 320 g/mol. The zero-order valence-electron chi connectivity index (χ0n) is 13.5. The maximum absolute atomic E-state index is 11.0. The van der Waals surface area contributed by atoms with E-state index >= 15 is 0 Å². The third kappa shape index (κ3) is 3.54. The predicted molar refractivity (Wildman–Crippen MR) is 86.4 cm³/mol. The Kier molecular flexibility index (Phi) is 4.94. The van der Waals surface area contributed by atoms with E-state index in [1.54, 1.807) is 19.2 Å². The molecule has 2 aliphatic rings. The van der Waals surface area contributed by atoms with E-state index in [0.717, 1.165) is 56.3 Å². The van der Waals surface area contributed by atoms with Crippen LogP contribution in [-0.2, 0) is 11.2 Å². The summed E-state index contributed by atoms with van der Waals surface area (Å²) in [6.07, 6.45) is 4.24. The van der Waals surface area contributed by atoms with E-state index in [4.69, 9.17) is 4.74 Å². The van der Waals surface area contributed by atoms with Gasteiger partial charge in [-0.25, -0.2) is 0 Å². The second kappa shape index (κ2) is 6.95. The second-order valence-electron chi connectivity index (χ2n) is 6.58. The number of rotatable bonds is 3. The zero-order chi connectivity index (χ0) is 16.4. The van der Waals surface area contributed by atoms with E-state index in [1.807, 2.05) is 6.07 Å². The Bertz CT molecular complexity index is 578. The van der Waals surface area contributed by atoms with Crippen LogP contribution in [0, 0.1) is 10.1 Å². The number of benzene rings is 1. The molecule has 1 aliphatic heterocycles. The lowest BCUT2D eigenvalue weighted by Crippen LogP contribution is -2.45. The third-order valence-corrected chi connectivity index (χ3v) is 5.15. The molecule has 1 fully saturated rings. The number of fused-ring (bicyclic) bond motifs is 1. The Morgan fingerprint density at radius 1 is 1.39 bits per heavy atom. The van der Waals surface area contributed by atoms with Crippen LogP contribution >= 0.6 is 0 Å². The molecule has 0 aromatic heterocycles. The van der Waals surface area contributed by atoms with Crippen LogP contribution in [-0.4, -0.2) is 47.3 Å². The summed E-state index contributed by atoms with van der Waals surface area (Å²) >= 11 is 0. The van der Waals surface area contributed by atoms with Gasteiger partial charge >= 0.3 is 0 Å². The minimum absolute atomic E-state index is 0.123. The molecular formula is C17H24N2O4. The number of piperidine rings is 1. The topological polar surface area (TPSA) is 75.8 Å². The van der Waals surface area contributed by atoms with E-state index in [9.17, 15) is 15.2 Å². The molecule has 0 bridgehead atoms. The van der Waals surface area contributed by atoms with Crippen LogP contribution in [0.15, 0.2) is 18.2 Å². The Morgan fingerprint density at radius 3 is 2.91 bits per heavy atom. The van der Waals surface area contributed by atoms with Crippen LogP contribution in [0.4, 0.5) is 5.69 Å². The highest BCUT2D eigenvalue weighted by Gasteiger charge is 2.31. The Hall–Kier alpha value is -1.50. The zero-order valence-corrected chi connectivity index (χ0v) is 13.5. The Balaban J connectivity index is 1.83. The number of methoxy groups -OCH3 is 1. The molecule has 1 aromatic carbocycles. The number of non-ortho nitro benzene ring substituents is 1. The summed E-state index contributed by atoms with van der Waals surface area (Å²) in [6, 6.07) is 5.46. The minimum atomic E-state index is -0.351. The Morgan fingerprint density at radius 2 is 2.22 bits per heavy atom. The number of nitro groups is 1. The highest BCUT2D eigenvalue weighted by molar-refractivity contribution is 5.42. The summed E-state index contributed by atoms with van der Waals surface area (Å²) in [5, 5.41) is 21.0. The molecule has 3 unspecified atom stereocenters. The molecule has 0 saturated carbocycles. The lowest BCUT2D eigenvalue weighted by molar-refractivity contribution is -0.385. The average molecular weight is 320 g/mol.